The molecule has 13 heavy (non-hydrogen) atoms. The summed E-state index contributed by atoms with van der Waals surface area (Å²) in [4.78, 5) is 21.8. The Labute approximate surface area is 77.8 Å². The predicted molar refractivity (Wildman–Crippen MR) is 42.0 cm³/mol. The predicted octanol–water partition coefficient (Wildman–Crippen LogP) is -0.877. The number of carbonyl (C=O) groups excluding carboxylic acids is 2. The Morgan fingerprint density at radius 2 is 2.00 bits per heavy atom. The van der Waals surface area contributed by atoms with E-state index in [0.29, 0.717) is 4.31 Å². The van der Waals surface area contributed by atoms with Gasteiger partial charge in [-0.25, -0.2) is 0 Å². The average molecular weight is 227 g/mol. The molecular formula is C4H5NO6S2. The van der Waals surface area contributed by atoms with Gasteiger partial charge >= 0.3 is 0 Å². The van der Waals surface area contributed by atoms with Crippen LogP contribution in [0.5, 0.6) is 0 Å². The molecule has 2 amide bonds. The van der Waals surface area contributed by atoms with Crippen molar-refractivity contribution in [1.82, 2.24) is 4.31 Å². The Kier molecular flexibility index (Phi) is 2.61. The highest BCUT2D eigenvalue weighted by Crippen LogP contribution is 2.23. The molecule has 0 aliphatic carbocycles. The summed E-state index contributed by atoms with van der Waals surface area (Å²) >= 11 is -0.173. The van der Waals surface area contributed by atoms with Crippen molar-refractivity contribution in [3.63, 3.8) is 0 Å². The largest absolute Gasteiger partial charge is 0.312 e. The van der Waals surface area contributed by atoms with E-state index in [2.05, 4.69) is 0 Å². The third-order valence-electron chi connectivity index (χ3n) is 1.50. The van der Waals surface area contributed by atoms with Crippen molar-refractivity contribution in [2.75, 3.05) is 0 Å². The van der Waals surface area contributed by atoms with Gasteiger partial charge in [-0.05, 0) is 0 Å². The van der Waals surface area contributed by atoms with Crippen LogP contribution in [0.25, 0.3) is 0 Å². The van der Waals surface area contributed by atoms with Crippen LogP contribution in [0.2, 0.25) is 0 Å². The first-order chi connectivity index (χ1) is 5.88. The van der Waals surface area contributed by atoms with Gasteiger partial charge in [-0.1, -0.05) is 0 Å². The lowest BCUT2D eigenvalue weighted by atomic mass is 10.4. The summed E-state index contributed by atoms with van der Waals surface area (Å²) in [6, 6.07) is 0. The molecule has 0 aromatic carbocycles. The summed E-state index contributed by atoms with van der Waals surface area (Å²) in [5.41, 5.74) is 0. The maximum atomic E-state index is 11.0. The van der Waals surface area contributed by atoms with Gasteiger partial charge in [-0.2, -0.15) is 12.7 Å². The highest BCUT2D eigenvalue weighted by molar-refractivity contribution is 7.93. The number of imide groups is 1. The van der Waals surface area contributed by atoms with Crippen LogP contribution in [-0.2, 0) is 19.7 Å². The van der Waals surface area contributed by atoms with Crippen LogP contribution in [0.4, 0.5) is 0 Å². The van der Waals surface area contributed by atoms with Crippen LogP contribution in [0, 0.1) is 0 Å². The second-order valence-corrected chi connectivity index (χ2v) is 4.44. The van der Waals surface area contributed by atoms with Crippen LogP contribution >= 0.6 is 12.2 Å². The molecule has 1 unspecified atom stereocenters. The van der Waals surface area contributed by atoms with Crippen molar-refractivity contribution in [2.45, 2.75) is 11.7 Å². The third-order valence-corrected chi connectivity index (χ3v) is 3.14. The van der Waals surface area contributed by atoms with E-state index in [9.17, 15) is 18.0 Å². The zero-order valence-electron chi connectivity index (χ0n) is 6.08. The van der Waals surface area contributed by atoms with Crippen LogP contribution in [-0.4, -0.2) is 38.9 Å². The fourth-order valence-electron chi connectivity index (χ4n) is 0.901. The third kappa shape index (κ3) is 1.82. The van der Waals surface area contributed by atoms with Crippen molar-refractivity contribution in [3.05, 3.63) is 0 Å². The van der Waals surface area contributed by atoms with Gasteiger partial charge in [-0.3, -0.25) is 14.1 Å². The SMILES string of the molecule is O=C1CC(S(=O)(=O)O)C(=O)N1SO. The highest BCUT2D eigenvalue weighted by Gasteiger charge is 2.46. The Hall–Kier alpha value is -0.640. The Morgan fingerprint density at radius 3 is 2.23 bits per heavy atom. The van der Waals surface area contributed by atoms with E-state index in [1.165, 1.54) is 0 Å². The van der Waals surface area contributed by atoms with E-state index in [4.69, 9.17) is 9.11 Å². The van der Waals surface area contributed by atoms with Gasteiger partial charge in [0.1, 0.15) is 12.2 Å². The molecule has 0 aromatic rings. The minimum Gasteiger partial charge on any atom is -0.312 e. The fourth-order valence-corrected chi connectivity index (χ4v) is 2.05. The lowest BCUT2D eigenvalue weighted by molar-refractivity contribution is -0.131. The minimum atomic E-state index is -4.56. The quantitative estimate of drug-likeness (QED) is 0.273. The van der Waals surface area contributed by atoms with Crippen molar-refractivity contribution >= 4 is 34.2 Å². The summed E-state index contributed by atoms with van der Waals surface area (Å²) in [5, 5.41) is -1.78. The maximum Gasteiger partial charge on any atom is 0.277 e. The summed E-state index contributed by atoms with van der Waals surface area (Å²) in [6.45, 7) is 0. The Morgan fingerprint density at radius 1 is 1.46 bits per heavy atom. The van der Waals surface area contributed by atoms with Crippen molar-refractivity contribution in [2.24, 2.45) is 0 Å². The second-order valence-electron chi connectivity index (χ2n) is 2.32. The van der Waals surface area contributed by atoms with Gasteiger partial charge in [0, 0.05) is 0 Å². The zero-order chi connectivity index (χ0) is 10.2. The molecule has 9 heteroatoms. The smallest absolute Gasteiger partial charge is 0.277 e. The lowest BCUT2D eigenvalue weighted by Gasteiger charge is -2.06. The number of hydrogen-bond acceptors (Lipinski definition) is 6. The minimum absolute atomic E-state index is 0.173. The zero-order valence-corrected chi connectivity index (χ0v) is 7.71. The van der Waals surface area contributed by atoms with E-state index < -0.39 is 33.6 Å². The van der Waals surface area contributed by atoms with Crippen molar-refractivity contribution in [1.29, 1.82) is 0 Å². The fraction of sp³-hybridized carbons (Fsp3) is 0.500. The van der Waals surface area contributed by atoms with Gasteiger partial charge in [0.25, 0.3) is 16.0 Å². The van der Waals surface area contributed by atoms with Crippen LogP contribution < -0.4 is 0 Å². The monoisotopic (exact) mass is 227 g/mol. The van der Waals surface area contributed by atoms with Crippen LogP contribution in [0.3, 0.4) is 0 Å². The maximum absolute atomic E-state index is 11.0. The first-order valence-corrected chi connectivity index (χ1v) is 5.26. The highest BCUT2D eigenvalue weighted by atomic mass is 32.2. The molecular weight excluding hydrogens is 222 g/mol. The molecule has 1 aliphatic rings. The van der Waals surface area contributed by atoms with Gasteiger partial charge in [0.05, 0.1) is 6.42 Å². The summed E-state index contributed by atoms with van der Waals surface area (Å²) < 4.78 is 38.2. The summed E-state index contributed by atoms with van der Waals surface area (Å²) in [6.07, 6.45) is -0.634. The van der Waals surface area contributed by atoms with Gasteiger partial charge in [0.15, 0.2) is 5.25 Å². The van der Waals surface area contributed by atoms with E-state index >= 15 is 0 Å². The van der Waals surface area contributed by atoms with Crippen molar-refractivity contribution in [3.8, 4) is 0 Å². The Bertz CT molecular complexity index is 348. The molecule has 0 radical (unpaired) electrons. The summed E-state index contributed by atoms with van der Waals surface area (Å²) in [5.74, 6) is -1.97. The molecule has 0 spiro atoms. The van der Waals surface area contributed by atoms with E-state index in [1.54, 1.807) is 0 Å². The van der Waals surface area contributed by atoms with E-state index in [0.717, 1.165) is 0 Å². The molecule has 1 aliphatic heterocycles. The van der Waals surface area contributed by atoms with E-state index in [-0.39, 0.29) is 12.2 Å². The topological polar surface area (TPSA) is 112 Å². The lowest BCUT2D eigenvalue weighted by Crippen LogP contribution is -2.30. The molecule has 7 nitrogen and oxygen atoms in total. The molecule has 1 saturated heterocycles. The van der Waals surface area contributed by atoms with Gasteiger partial charge < -0.3 is 4.55 Å². The average Bonchev–Trinajstić information content (AvgIpc) is 2.25. The molecule has 1 atom stereocenters. The van der Waals surface area contributed by atoms with Crippen LogP contribution in [0.15, 0.2) is 0 Å². The molecule has 1 rings (SSSR count). The molecule has 1 heterocycles. The van der Waals surface area contributed by atoms with Crippen LogP contribution in [0.1, 0.15) is 6.42 Å². The van der Waals surface area contributed by atoms with Crippen molar-refractivity contribution < 1.29 is 27.1 Å². The number of carbonyl (C=O) groups is 2. The molecule has 0 aromatic heterocycles. The second kappa shape index (κ2) is 3.25. The van der Waals surface area contributed by atoms with Gasteiger partial charge in [0.2, 0.25) is 5.91 Å². The van der Waals surface area contributed by atoms with Gasteiger partial charge in [-0.15, -0.1) is 0 Å². The molecule has 1 fully saturated rings. The first-order valence-electron chi connectivity index (χ1n) is 3.02. The molecule has 2 N–H and O–H groups in total. The van der Waals surface area contributed by atoms with E-state index in [1.807, 2.05) is 0 Å². The molecule has 0 bridgehead atoms. The molecule has 74 valence electrons. The number of hydrogen-bond donors (Lipinski definition) is 2. The standard InChI is InChI=1S/C4H5NO6S2/c6-3-1-2(13(9,10)11)4(7)5(3)12-8/h2,8H,1H2,(H,9,10,11). The Balaban J connectivity index is 2.99. The normalized spacial score (nSPS) is 24.2. The number of amides is 2. The number of rotatable bonds is 2. The molecule has 0 saturated carbocycles. The number of nitrogens with zero attached hydrogens (tertiary/aromatic N) is 1. The summed E-state index contributed by atoms with van der Waals surface area (Å²) in [7, 11) is -4.56. The first kappa shape index (κ1) is 10.4.